The Morgan fingerprint density at radius 3 is 2.56 bits per heavy atom. The molecule has 3 nitrogen and oxygen atoms in total. The molecule has 0 fully saturated rings. The van der Waals surface area contributed by atoms with Crippen molar-refractivity contribution in [1.82, 2.24) is 9.97 Å². The summed E-state index contributed by atoms with van der Waals surface area (Å²) in [5, 5.41) is 6.74. The molecule has 0 bridgehead atoms. The molecular formula is C21H19N3S. The van der Waals surface area contributed by atoms with Gasteiger partial charge in [0, 0.05) is 16.6 Å². The van der Waals surface area contributed by atoms with Crippen molar-refractivity contribution >= 4 is 33.1 Å². The summed E-state index contributed by atoms with van der Waals surface area (Å²) in [4.78, 5) is 9.97. The minimum Gasteiger partial charge on any atom is -0.339 e. The molecule has 4 heteroatoms. The third kappa shape index (κ3) is 3.01. The van der Waals surface area contributed by atoms with Gasteiger partial charge in [0.2, 0.25) is 0 Å². The summed E-state index contributed by atoms with van der Waals surface area (Å²) < 4.78 is 0. The lowest BCUT2D eigenvalue weighted by atomic mass is 10.0. The maximum absolute atomic E-state index is 4.52. The van der Waals surface area contributed by atoms with E-state index in [2.05, 4.69) is 70.9 Å². The van der Waals surface area contributed by atoms with Gasteiger partial charge in [0.05, 0.1) is 5.39 Å². The van der Waals surface area contributed by atoms with Crippen LogP contribution >= 0.6 is 11.3 Å². The average molecular weight is 345 g/mol. The molecule has 25 heavy (non-hydrogen) atoms. The maximum Gasteiger partial charge on any atom is 0.143 e. The molecule has 0 aliphatic heterocycles. The molecule has 0 radical (unpaired) electrons. The van der Waals surface area contributed by atoms with Gasteiger partial charge in [0.1, 0.15) is 17.0 Å². The van der Waals surface area contributed by atoms with Crippen LogP contribution in [0, 0.1) is 6.92 Å². The topological polar surface area (TPSA) is 37.8 Å². The highest BCUT2D eigenvalue weighted by Gasteiger charge is 2.13. The van der Waals surface area contributed by atoms with Crippen LogP contribution in [0.4, 0.5) is 11.5 Å². The van der Waals surface area contributed by atoms with Crippen molar-refractivity contribution in [1.29, 1.82) is 0 Å². The van der Waals surface area contributed by atoms with E-state index in [9.17, 15) is 0 Å². The van der Waals surface area contributed by atoms with Crippen LogP contribution in [0.3, 0.4) is 0 Å². The molecule has 1 N–H and O–H groups in total. The average Bonchev–Trinajstić information content (AvgIpc) is 3.09. The van der Waals surface area contributed by atoms with Gasteiger partial charge in [-0.25, -0.2) is 9.97 Å². The van der Waals surface area contributed by atoms with Gasteiger partial charge in [-0.1, -0.05) is 49.4 Å². The third-order valence-electron chi connectivity index (χ3n) is 4.44. The summed E-state index contributed by atoms with van der Waals surface area (Å²) in [6.45, 7) is 4.27. The van der Waals surface area contributed by atoms with E-state index in [1.54, 1.807) is 17.7 Å². The van der Waals surface area contributed by atoms with E-state index in [0.717, 1.165) is 28.1 Å². The van der Waals surface area contributed by atoms with Gasteiger partial charge in [-0.3, -0.25) is 0 Å². The number of rotatable bonds is 4. The van der Waals surface area contributed by atoms with Crippen molar-refractivity contribution in [2.45, 2.75) is 20.3 Å². The zero-order chi connectivity index (χ0) is 17.2. The molecule has 0 spiro atoms. The molecule has 2 aromatic heterocycles. The molecular weight excluding hydrogens is 326 g/mol. The Labute approximate surface area is 151 Å². The summed E-state index contributed by atoms with van der Waals surface area (Å²) in [5.41, 5.74) is 5.99. The Morgan fingerprint density at radius 1 is 1.00 bits per heavy atom. The van der Waals surface area contributed by atoms with Crippen molar-refractivity contribution in [3.63, 3.8) is 0 Å². The van der Waals surface area contributed by atoms with Crippen LogP contribution in [0.25, 0.3) is 21.3 Å². The molecule has 2 heterocycles. The van der Waals surface area contributed by atoms with Gasteiger partial charge < -0.3 is 5.32 Å². The Bertz CT molecular complexity index is 1020. The van der Waals surface area contributed by atoms with Crippen LogP contribution in [0.15, 0.2) is 60.2 Å². The molecule has 4 aromatic rings. The fourth-order valence-electron chi connectivity index (χ4n) is 2.94. The lowest BCUT2D eigenvalue weighted by molar-refractivity contribution is 1.14. The number of benzene rings is 2. The van der Waals surface area contributed by atoms with Crippen molar-refractivity contribution in [3.8, 4) is 11.1 Å². The molecule has 0 unspecified atom stereocenters. The number of aromatic nitrogens is 2. The van der Waals surface area contributed by atoms with Crippen molar-refractivity contribution in [2.24, 2.45) is 0 Å². The van der Waals surface area contributed by atoms with E-state index in [1.807, 2.05) is 12.1 Å². The first-order valence-electron chi connectivity index (χ1n) is 8.40. The second kappa shape index (κ2) is 6.65. The molecule has 2 aromatic carbocycles. The molecule has 0 saturated carbocycles. The summed E-state index contributed by atoms with van der Waals surface area (Å²) in [5.74, 6) is 0.857. The third-order valence-corrected chi connectivity index (χ3v) is 5.33. The predicted molar refractivity (Wildman–Crippen MR) is 107 cm³/mol. The largest absolute Gasteiger partial charge is 0.339 e. The summed E-state index contributed by atoms with van der Waals surface area (Å²) >= 11 is 1.66. The number of thiophene rings is 1. The van der Waals surface area contributed by atoms with E-state index in [0.29, 0.717) is 0 Å². The molecule has 0 aliphatic rings. The van der Waals surface area contributed by atoms with Gasteiger partial charge in [0.25, 0.3) is 0 Å². The van der Waals surface area contributed by atoms with Gasteiger partial charge >= 0.3 is 0 Å². The van der Waals surface area contributed by atoms with Crippen LogP contribution < -0.4 is 5.32 Å². The molecule has 124 valence electrons. The van der Waals surface area contributed by atoms with E-state index in [1.165, 1.54) is 22.3 Å². The van der Waals surface area contributed by atoms with E-state index < -0.39 is 0 Å². The number of anilines is 2. The lowest BCUT2D eigenvalue weighted by Gasteiger charge is -2.10. The second-order valence-corrected chi connectivity index (χ2v) is 6.90. The monoisotopic (exact) mass is 345 g/mol. The Morgan fingerprint density at radius 2 is 1.80 bits per heavy atom. The van der Waals surface area contributed by atoms with Crippen LogP contribution in [-0.4, -0.2) is 9.97 Å². The fourth-order valence-corrected chi connectivity index (χ4v) is 3.86. The quantitative estimate of drug-likeness (QED) is 0.495. The Balaban J connectivity index is 1.82. The number of nitrogens with one attached hydrogen (secondary N) is 1. The Kier molecular flexibility index (Phi) is 4.20. The zero-order valence-corrected chi connectivity index (χ0v) is 15.1. The standard InChI is InChI=1S/C21H19N3S/c1-3-15-8-10-16(11-9-15)17-12-25-21-19(17)20(22-13-23-21)24-18-7-5-4-6-14(18)2/h4-13H,3H2,1-2H3,(H,22,23,24). The van der Waals surface area contributed by atoms with E-state index in [4.69, 9.17) is 0 Å². The minimum absolute atomic E-state index is 0.857. The zero-order valence-electron chi connectivity index (χ0n) is 14.3. The number of aryl methyl sites for hydroxylation is 2. The smallest absolute Gasteiger partial charge is 0.143 e. The van der Waals surface area contributed by atoms with Gasteiger partial charge in [0.15, 0.2) is 0 Å². The van der Waals surface area contributed by atoms with Crippen molar-refractivity contribution in [3.05, 3.63) is 71.4 Å². The number of para-hydroxylation sites is 1. The summed E-state index contributed by atoms with van der Waals surface area (Å²) in [6.07, 6.45) is 2.68. The highest BCUT2D eigenvalue weighted by atomic mass is 32.1. The second-order valence-electron chi connectivity index (χ2n) is 6.04. The summed E-state index contributed by atoms with van der Waals surface area (Å²) in [7, 11) is 0. The number of fused-ring (bicyclic) bond motifs is 1. The molecule has 0 aliphatic carbocycles. The SMILES string of the molecule is CCc1ccc(-c2csc3ncnc(Nc4ccccc4C)c23)cc1. The Hall–Kier alpha value is -2.72. The first-order valence-corrected chi connectivity index (χ1v) is 9.28. The molecule has 0 saturated heterocycles. The van der Waals surface area contributed by atoms with E-state index in [-0.39, 0.29) is 0 Å². The summed E-state index contributed by atoms with van der Waals surface area (Å²) in [6, 6.07) is 17.0. The van der Waals surface area contributed by atoms with Crippen LogP contribution in [0.1, 0.15) is 18.1 Å². The van der Waals surface area contributed by atoms with Crippen LogP contribution in [0.2, 0.25) is 0 Å². The number of nitrogens with zero attached hydrogens (tertiary/aromatic N) is 2. The predicted octanol–water partition coefficient (Wildman–Crippen LogP) is 5.97. The fraction of sp³-hybridized carbons (Fsp3) is 0.143. The van der Waals surface area contributed by atoms with Crippen molar-refractivity contribution in [2.75, 3.05) is 5.32 Å². The highest BCUT2D eigenvalue weighted by molar-refractivity contribution is 7.17. The first-order chi connectivity index (χ1) is 12.3. The van der Waals surface area contributed by atoms with E-state index >= 15 is 0 Å². The molecule has 0 atom stereocenters. The van der Waals surface area contributed by atoms with Crippen LogP contribution in [-0.2, 0) is 6.42 Å². The van der Waals surface area contributed by atoms with Gasteiger partial charge in [-0.2, -0.15) is 0 Å². The molecule has 4 rings (SSSR count). The van der Waals surface area contributed by atoms with Gasteiger partial charge in [-0.15, -0.1) is 11.3 Å². The first kappa shape index (κ1) is 15.8. The minimum atomic E-state index is 0.857. The van der Waals surface area contributed by atoms with Crippen molar-refractivity contribution < 1.29 is 0 Å². The normalized spacial score (nSPS) is 11.0. The number of hydrogen-bond acceptors (Lipinski definition) is 4. The number of hydrogen-bond donors (Lipinski definition) is 1. The van der Waals surface area contributed by atoms with Crippen LogP contribution in [0.5, 0.6) is 0 Å². The highest BCUT2D eigenvalue weighted by Crippen LogP contribution is 2.37. The molecule has 0 amide bonds. The maximum atomic E-state index is 4.52. The van der Waals surface area contributed by atoms with Gasteiger partial charge in [-0.05, 0) is 36.1 Å². The lowest BCUT2D eigenvalue weighted by Crippen LogP contribution is -1.97.